The molecule has 1 amide bonds. The summed E-state index contributed by atoms with van der Waals surface area (Å²) in [6.45, 7) is 10.7. The molecule has 1 aromatic heterocycles. The van der Waals surface area contributed by atoms with Crippen molar-refractivity contribution in [1.29, 1.82) is 0 Å². The molecule has 1 unspecified atom stereocenters. The number of rotatable bonds is 4. The van der Waals surface area contributed by atoms with Gasteiger partial charge in [-0.25, -0.2) is 9.97 Å². The summed E-state index contributed by atoms with van der Waals surface area (Å²) in [5, 5.41) is 2.98. The molecule has 2 heterocycles. The number of nitrogens with one attached hydrogen (secondary N) is 1. The van der Waals surface area contributed by atoms with E-state index in [9.17, 15) is 4.79 Å². The van der Waals surface area contributed by atoms with Crippen molar-refractivity contribution in [3.05, 3.63) is 53.0 Å². The predicted molar refractivity (Wildman–Crippen MR) is 107 cm³/mol. The van der Waals surface area contributed by atoms with Crippen molar-refractivity contribution in [2.45, 2.75) is 64.9 Å². The number of aryl methyl sites for hydroxylation is 3. The summed E-state index contributed by atoms with van der Waals surface area (Å²) in [4.78, 5) is 21.6. The van der Waals surface area contributed by atoms with Gasteiger partial charge in [0, 0.05) is 30.2 Å². The molecule has 1 N–H and O–H groups in total. The fourth-order valence-electron chi connectivity index (χ4n) is 4.40. The van der Waals surface area contributed by atoms with E-state index in [1.165, 1.54) is 11.1 Å². The van der Waals surface area contributed by atoms with Crippen LogP contribution in [0.5, 0.6) is 0 Å². The lowest BCUT2D eigenvalue weighted by molar-refractivity contribution is -0.122. The third kappa shape index (κ3) is 4.53. The Hall–Kier alpha value is -2.27. The van der Waals surface area contributed by atoms with Crippen LogP contribution in [0.2, 0.25) is 0 Å². The first-order chi connectivity index (χ1) is 12.7. The van der Waals surface area contributed by atoms with Gasteiger partial charge in [-0.2, -0.15) is 0 Å². The van der Waals surface area contributed by atoms with Crippen LogP contribution in [-0.4, -0.2) is 28.1 Å². The zero-order chi connectivity index (χ0) is 19.7. The maximum atomic E-state index is 13.0. The molecule has 1 aliphatic heterocycles. The zero-order valence-corrected chi connectivity index (χ0v) is 16.9. The summed E-state index contributed by atoms with van der Waals surface area (Å²) >= 11 is 0. The van der Waals surface area contributed by atoms with Gasteiger partial charge in [0.2, 0.25) is 5.91 Å². The van der Waals surface area contributed by atoms with Crippen LogP contribution < -0.4 is 5.32 Å². The van der Waals surface area contributed by atoms with Crippen molar-refractivity contribution in [1.82, 2.24) is 9.97 Å². The van der Waals surface area contributed by atoms with Crippen LogP contribution >= 0.6 is 0 Å². The number of nitrogens with zero attached hydrogens (tertiary/aromatic N) is 2. The van der Waals surface area contributed by atoms with E-state index >= 15 is 0 Å². The van der Waals surface area contributed by atoms with Crippen LogP contribution in [0.3, 0.4) is 0 Å². The normalized spacial score (nSPS) is 21.7. The van der Waals surface area contributed by atoms with E-state index in [2.05, 4.69) is 54.3 Å². The summed E-state index contributed by atoms with van der Waals surface area (Å²) in [6.07, 6.45) is 2.05. The molecule has 2 aromatic rings. The van der Waals surface area contributed by atoms with E-state index in [0.29, 0.717) is 24.7 Å². The molecule has 0 bridgehead atoms. The number of anilines is 1. The molecule has 1 saturated heterocycles. The van der Waals surface area contributed by atoms with Crippen molar-refractivity contribution in [2.24, 2.45) is 0 Å². The van der Waals surface area contributed by atoms with E-state index in [1.807, 2.05) is 19.9 Å². The fraction of sp³-hybridized carbons (Fsp3) is 0.500. The highest BCUT2D eigenvalue weighted by atomic mass is 16.5. The Balaban J connectivity index is 1.90. The molecule has 0 aliphatic carbocycles. The maximum Gasteiger partial charge on any atom is 0.226 e. The third-order valence-electron chi connectivity index (χ3n) is 5.29. The van der Waals surface area contributed by atoms with Gasteiger partial charge < -0.3 is 10.1 Å². The van der Waals surface area contributed by atoms with Crippen molar-refractivity contribution in [2.75, 3.05) is 11.9 Å². The topological polar surface area (TPSA) is 64.1 Å². The highest BCUT2D eigenvalue weighted by molar-refractivity contribution is 5.90. The van der Waals surface area contributed by atoms with E-state index < -0.39 is 0 Å². The minimum Gasteiger partial charge on any atom is -0.376 e. The summed E-state index contributed by atoms with van der Waals surface area (Å²) in [5.74, 6) is 1.20. The number of carbonyl (C=O) groups is 1. The molecule has 1 fully saturated rings. The van der Waals surface area contributed by atoms with Crippen molar-refractivity contribution >= 4 is 11.7 Å². The average Bonchev–Trinajstić information content (AvgIpc) is 2.52. The molecular weight excluding hydrogens is 338 g/mol. The second-order valence-electron chi connectivity index (χ2n) is 8.30. The minimum absolute atomic E-state index is 0.0200. The molecule has 27 heavy (non-hydrogen) atoms. The second-order valence-corrected chi connectivity index (χ2v) is 8.30. The van der Waals surface area contributed by atoms with Gasteiger partial charge in [-0.3, -0.25) is 4.79 Å². The maximum absolute atomic E-state index is 13.0. The molecule has 0 spiro atoms. The molecular formula is C22H29N3O2. The highest BCUT2D eigenvalue weighted by Crippen LogP contribution is 2.45. The van der Waals surface area contributed by atoms with Gasteiger partial charge in [0.05, 0.1) is 5.60 Å². The van der Waals surface area contributed by atoms with Crippen LogP contribution in [-0.2, 0) is 14.9 Å². The molecule has 1 atom stereocenters. The largest absolute Gasteiger partial charge is 0.376 e. The Kier molecular flexibility index (Phi) is 5.33. The molecule has 0 saturated carbocycles. The first-order valence-electron chi connectivity index (χ1n) is 9.51. The van der Waals surface area contributed by atoms with Gasteiger partial charge >= 0.3 is 0 Å². The van der Waals surface area contributed by atoms with Crippen molar-refractivity contribution in [3.63, 3.8) is 0 Å². The number of hydrogen-bond acceptors (Lipinski definition) is 4. The van der Waals surface area contributed by atoms with E-state index in [4.69, 9.17) is 4.74 Å². The van der Waals surface area contributed by atoms with E-state index in [0.717, 1.165) is 18.5 Å². The van der Waals surface area contributed by atoms with Crippen LogP contribution in [0.1, 0.15) is 55.8 Å². The molecule has 0 radical (unpaired) electrons. The Morgan fingerprint density at radius 2 is 1.93 bits per heavy atom. The number of carbonyl (C=O) groups excluding carboxylic acids is 1. The molecule has 144 valence electrons. The Morgan fingerprint density at radius 1 is 1.19 bits per heavy atom. The fourth-order valence-corrected chi connectivity index (χ4v) is 4.40. The minimum atomic E-state index is -0.261. The van der Waals surface area contributed by atoms with Crippen molar-refractivity contribution in [3.8, 4) is 0 Å². The summed E-state index contributed by atoms with van der Waals surface area (Å²) < 4.78 is 5.96. The standard InChI is InChI=1S/C22H29N3O2/c1-15-8-6-7-9-18(15)22(10-11-27-21(4,5)14-22)13-20(26)25-19-12-16(2)23-17(3)24-19/h6-9,12H,10-11,13-14H2,1-5H3,(H,23,24,25,26). The monoisotopic (exact) mass is 367 g/mol. The smallest absolute Gasteiger partial charge is 0.226 e. The first-order valence-corrected chi connectivity index (χ1v) is 9.51. The predicted octanol–water partition coefficient (Wildman–Crippen LogP) is 4.26. The van der Waals surface area contributed by atoms with Crippen LogP contribution in [0.25, 0.3) is 0 Å². The Morgan fingerprint density at radius 3 is 2.59 bits per heavy atom. The molecule has 3 rings (SSSR count). The number of amides is 1. The second kappa shape index (κ2) is 7.39. The van der Waals surface area contributed by atoms with E-state index in [1.54, 1.807) is 6.07 Å². The lowest BCUT2D eigenvalue weighted by Gasteiger charge is -2.45. The quantitative estimate of drug-likeness (QED) is 0.877. The Bertz CT molecular complexity index is 827. The number of ether oxygens (including phenoxy) is 1. The third-order valence-corrected chi connectivity index (χ3v) is 5.29. The van der Waals surface area contributed by atoms with Gasteiger partial charge in [0.25, 0.3) is 0 Å². The SMILES string of the molecule is Cc1cc(NC(=O)CC2(c3ccccc3C)CCOC(C)(C)C2)nc(C)n1. The zero-order valence-electron chi connectivity index (χ0n) is 16.9. The van der Waals surface area contributed by atoms with E-state index in [-0.39, 0.29) is 16.9 Å². The number of hydrogen-bond donors (Lipinski definition) is 1. The van der Waals surface area contributed by atoms with Gasteiger partial charge in [-0.15, -0.1) is 0 Å². The number of benzene rings is 1. The van der Waals surface area contributed by atoms with Gasteiger partial charge in [-0.1, -0.05) is 24.3 Å². The summed E-state index contributed by atoms with van der Waals surface area (Å²) in [7, 11) is 0. The van der Waals surface area contributed by atoms with Crippen LogP contribution in [0.4, 0.5) is 5.82 Å². The lowest BCUT2D eigenvalue weighted by atomic mass is 9.66. The first kappa shape index (κ1) is 19.5. The molecule has 5 heteroatoms. The number of aromatic nitrogens is 2. The average molecular weight is 367 g/mol. The summed E-state index contributed by atoms with van der Waals surface area (Å²) in [5.41, 5.74) is 2.80. The summed E-state index contributed by atoms with van der Waals surface area (Å²) in [6, 6.07) is 10.2. The van der Waals surface area contributed by atoms with Gasteiger partial charge in [0.1, 0.15) is 11.6 Å². The molecule has 5 nitrogen and oxygen atoms in total. The van der Waals surface area contributed by atoms with Gasteiger partial charge in [-0.05, 0) is 58.6 Å². The molecule has 1 aromatic carbocycles. The molecule has 1 aliphatic rings. The van der Waals surface area contributed by atoms with Crippen molar-refractivity contribution < 1.29 is 9.53 Å². The van der Waals surface area contributed by atoms with Crippen LogP contribution in [0.15, 0.2) is 30.3 Å². The van der Waals surface area contributed by atoms with Crippen LogP contribution in [0, 0.1) is 20.8 Å². The Labute approximate surface area is 161 Å². The van der Waals surface area contributed by atoms with Gasteiger partial charge in [0.15, 0.2) is 0 Å². The lowest BCUT2D eigenvalue weighted by Crippen LogP contribution is -2.46. The highest BCUT2D eigenvalue weighted by Gasteiger charge is 2.44.